The van der Waals surface area contributed by atoms with Crippen molar-refractivity contribution in [1.29, 1.82) is 0 Å². The Hall–Kier alpha value is -2.08. The van der Waals surface area contributed by atoms with Gasteiger partial charge in [-0.3, -0.25) is 4.79 Å². The molecular weight excluding hydrogens is 236 g/mol. The fourth-order valence-electron chi connectivity index (χ4n) is 1.65. The fraction of sp³-hybridized carbons (Fsp3) is 0.333. The number of benzene rings is 1. The van der Waals surface area contributed by atoms with Crippen molar-refractivity contribution in [2.24, 2.45) is 0 Å². The molecule has 1 saturated heterocycles. The number of hydrogen-bond donors (Lipinski definition) is 3. The van der Waals surface area contributed by atoms with Crippen molar-refractivity contribution in [1.82, 2.24) is 10.6 Å². The molecule has 0 spiro atoms. The molecule has 1 aromatic rings. The number of nitrogens with one attached hydrogen (secondary N) is 2. The minimum Gasteiger partial charge on any atom is -0.445 e. The van der Waals surface area contributed by atoms with Crippen LogP contribution in [0.5, 0.6) is 0 Å². The number of carbonyl (C=O) groups excluding carboxylic acids is 2. The number of carbonyl (C=O) groups is 2. The number of alkyl carbamates (subject to hydrolysis) is 1. The first kappa shape index (κ1) is 12.4. The van der Waals surface area contributed by atoms with Crippen LogP contribution in [0, 0.1) is 0 Å². The van der Waals surface area contributed by atoms with Crippen LogP contribution in [0.2, 0.25) is 0 Å². The molecule has 6 heteroatoms. The van der Waals surface area contributed by atoms with Gasteiger partial charge in [-0.1, -0.05) is 30.3 Å². The maximum atomic E-state index is 11.4. The molecule has 2 rings (SSSR count). The quantitative estimate of drug-likeness (QED) is 0.644. The first-order chi connectivity index (χ1) is 8.70. The van der Waals surface area contributed by atoms with Crippen LogP contribution in [-0.2, 0) is 16.1 Å². The van der Waals surface area contributed by atoms with Gasteiger partial charge in [0.25, 0.3) is 0 Å². The third-order valence-electron chi connectivity index (χ3n) is 2.70. The summed E-state index contributed by atoms with van der Waals surface area (Å²) in [6.07, 6.45) is -0.669. The van der Waals surface area contributed by atoms with Crippen molar-refractivity contribution in [3.8, 4) is 0 Å². The van der Waals surface area contributed by atoms with E-state index in [2.05, 4.69) is 10.6 Å². The van der Waals surface area contributed by atoms with Crippen molar-refractivity contribution < 1.29 is 19.4 Å². The minimum atomic E-state index is -0.710. The first-order valence-electron chi connectivity index (χ1n) is 5.59. The van der Waals surface area contributed by atoms with Gasteiger partial charge in [0, 0.05) is 0 Å². The largest absolute Gasteiger partial charge is 0.445 e. The second kappa shape index (κ2) is 5.50. The maximum absolute atomic E-state index is 11.4. The van der Waals surface area contributed by atoms with E-state index in [0.717, 1.165) is 5.56 Å². The number of aliphatic hydroxyl groups is 1. The highest BCUT2D eigenvalue weighted by Gasteiger charge is 2.40. The lowest BCUT2D eigenvalue weighted by Crippen LogP contribution is -2.70. The van der Waals surface area contributed by atoms with Gasteiger partial charge >= 0.3 is 6.09 Å². The Morgan fingerprint density at radius 2 is 2.11 bits per heavy atom. The Kier molecular flexibility index (Phi) is 3.78. The highest BCUT2D eigenvalue weighted by atomic mass is 16.5. The van der Waals surface area contributed by atoms with Crippen molar-refractivity contribution in [2.45, 2.75) is 18.7 Å². The van der Waals surface area contributed by atoms with Crippen molar-refractivity contribution in [2.75, 3.05) is 6.61 Å². The standard InChI is InChI=1S/C12H14N2O4/c15-6-9-10(11(16)13-9)14-12(17)18-7-8-4-2-1-3-5-8/h1-5,9-10,15H,6-7H2,(H,13,16)(H,14,17)/t9-,10+/m1/s1. The van der Waals surface area contributed by atoms with Crippen molar-refractivity contribution >= 4 is 12.0 Å². The summed E-state index contributed by atoms with van der Waals surface area (Å²) in [5.74, 6) is -0.314. The second-order valence-electron chi connectivity index (χ2n) is 3.98. The van der Waals surface area contributed by atoms with Crippen molar-refractivity contribution in [3.05, 3.63) is 35.9 Å². The maximum Gasteiger partial charge on any atom is 0.408 e. The molecule has 0 unspecified atom stereocenters. The number of β-lactam (4-membered cyclic amide) rings is 1. The normalized spacial score (nSPS) is 21.7. The third-order valence-corrected chi connectivity index (χ3v) is 2.70. The lowest BCUT2D eigenvalue weighted by Gasteiger charge is -2.35. The molecule has 0 saturated carbocycles. The number of aliphatic hydroxyl groups excluding tert-OH is 1. The van der Waals surface area contributed by atoms with E-state index in [0.29, 0.717) is 0 Å². The van der Waals surface area contributed by atoms with E-state index in [4.69, 9.17) is 9.84 Å². The van der Waals surface area contributed by atoms with E-state index >= 15 is 0 Å². The van der Waals surface area contributed by atoms with Crippen LogP contribution in [0.3, 0.4) is 0 Å². The highest BCUT2D eigenvalue weighted by molar-refractivity contribution is 5.92. The summed E-state index contributed by atoms with van der Waals surface area (Å²) in [7, 11) is 0. The summed E-state index contributed by atoms with van der Waals surface area (Å²) in [6.45, 7) is -0.0693. The molecule has 6 nitrogen and oxygen atoms in total. The molecule has 2 atom stereocenters. The monoisotopic (exact) mass is 250 g/mol. The summed E-state index contributed by atoms with van der Waals surface area (Å²) in [5, 5.41) is 13.8. The Bertz CT molecular complexity index is 435. The van der Waals surface area contributed by atoms with Gasteiger partial charge in [-0.05, 0) is 5.56 Å². The van der Waals surface area contributed by atoms with Gasteiger partial charge in [0.15, 0.2) is 0 Å². The zero-order valence-electron chi connectivity index (χ0n) is 9.63. The summed E-state index contributed by atoms with van der Waals surface area (Å²) >= 11 is 0. The molecule has 1 aliphatic rings. The Morgan fingerprint density at radius 3 is 2.72 bits per heavy atom. The molecule has 0 radical (unpaired) electrons. The zero-order chi connectivity index (χ0) is 13.0. The molecule has 1 heterocycles. The molecule has 2 amide bonds. The summed E-state index contributed by atoms with van der Waals surface area (Å²) in [5.41, 5.74) is 0.865. The van der Waals surface area contributed by atoms with Crippen LogP contribution < -0.4 is 10.6 Å². The molecule has 1 fully saturated rings. The lowest BCUT2D eigenvalue weighted by atomic mass is 10.0. The lowest BCUT2D eigenvalue weighted by molar-refractivity contribution is -0.132. The molecule has 96 valence electrons. The summed E-state index contributed by atoms with van der Waals surface area (Å²) in [6, 6.07) is 8.09. The molecule has 1 aromatic carbocycles. The van der Waals surface area contributed by atoms with Gasteiger partial charge in [0.05, 0.1) is 12.6 Å². The van der Waals surface area contributed by atoms with Crippen LogP contribution in [0.4, 0.5) is 4.79 Å². The summed E-state index contributed by atoms with van der Waals surface area (Å²) in [4.78, 5) is 22.5. The second-order valence-corrected chi connectivity index (χ2v) is 3.98. The van der Waals surface area contributed by atoms with Gasteiger partial charge in [0.2, 0.25) is 5.91 Å². The summed E-state index contributed by atoms with van der Waals surface area (Å²) < 4.78 is 4.96. The smallest absolute Gasteiger partial charge is 0.408 e. The number of ether oxygens (including phenoxy) is 1. The van der Waals surface area contributed by atoms with E-state index in [1.54, 1.807) is 0 Å². The van der Waals surface area contributed by atoms with E-state index in [9.17, 15) is 9.59 Å². The Balaban J connectivity index is 1.77. The van der Waals surface area contributed by atoms with Crippen LogP contribution in [-0.4, -0.2) is 35.8 Å². The van der Waals surface area contributed by atoms with Crippen LogP contribution in [0.1, 0.15) is 5.56 Å². The van der Waals surface area contributed by atoms with Gasteiger partial charge in [-0.25, -0.2) is 4.79 Å². The molecule has 0 bridgehead atoms. The topological polar surface area (TPSA) is 87.7 Å². The number of hydrogen-bond acceptors (Lipinski definition) is 4. The van der Waals surface area contributed by atoms with Gasteiger partial charge in [-0.2, -0.15) is 0 Å². The van der Waals surface area contributed by atoms with Gasteiger partial charge < -0.3 is 20.5 Å². The average Bonchev–Trinajstić information content (AvgIpc) is 2.41. The highest BCUT2D eigenvalue weighted by Crippen LogP contribution is 2.06. The third kappa shape index (κ3) is 2.78. The zero-order valence-corrected chi connectivity index (χ0v) is 9.63. The van der Waals surface area contributed by atoms with E-state index in [1.807, 2.05) is 30.3 Å². The van der Waals surface area contributed by atoms with Gasteiger partial charge in [-0.15, -0.1) is 0 Å². The first-order valence-corrected chi connectivity index (χ1v) is 5.59. The predicted octanol–water partition coefficient (Wildman–Crippen LogP) is -0.228. The van der Waals surface area contributed by atoms with E-state index in [-0.39, 0.29) is 19.1 Å². The minimum absolute atomic E-state index is 0.144. The van der Waals surface area contributed by atoms with Crippen LogP contribution >= 0.6 is 0 Å². The molecule has 0 aliphatic carbocycles. The van der Waals surface area contributed by atoms with Crippen molar-refractivity contribution in [3.63, 3.8) is 0 Å². The van der Waals surface area contributed by atoms with Crippen LogP contribution in [0.25, 0.3) is 0 Å². The SMILES string of the molecule is O=C(N[C@@H]1C(=O)N[C@@H]1CO)OCc1ccccc1. The van der Waals surface area contributed by atoms with E-state index in [1.165, 1.54) is 0 Å². The molecular formula is C12H14N2O4. The number of amides is 2. The molecule has 3 N–H and O–H groups in total. The molecule has 1 aliphatic heterocycles. The predicted molar refractivity (Wildman–Crippen MR) is 62.6 cm³/mol. The average molecular weight is 250 g/mol. The fourth-order valence-corrected chi connectivity index (χ4v) is 1.65. The molecule has 0 aromatic heterocycles. The van der Waals surface area contributed by atoms with Gasteiger partial charge in [0.1, 0.15) is 12.6 Å². The number of rotatable bonds is 4. The Morgan fingerprint density at radius 1 is 1.39 bits per heavy atom. The Labute approximate surface area is 104 Å². The van der Waals surface area contributed by atoms with E-state index < -0.39 is 18.2 Å². The van der Waals surface area contributed by atoms with Crippen LogP contribution in [0.15, 0.2) is 30.3 Å². The molecule has 18 heavy (non-hydrogen) atoms.